The molecular formula is C17H20N2O2. The average Bonchev–Trinajstić information content (AvgIpc) is 2.50. The van der Waals surface area contributed by atoms with Gasteiger partial charge in [-0.15, -0.1) is 0 Å². The van der Waals surface area contributed by atoms with E-state index in [1.165, 1.54) is 0 Å². The van der Waals surface area contributed by atoms with Crippen LogP contribution in [0.5, 0.6) is 5.75 Å². The Labute approximate surface area is 125 Å². The minimum atomic E-state index is -0.0344. The van der Waals surface area contributed by atoms with Gasteiger partial charge in [-0.05, 0) is 48.7 Å². The fraction of sp³-hybridized carbons (Fsp3) is 0.294. The molecule has 0 fully saturated rings. The van der Waals surface area contributed by atoms with Crippen molar-refractivity contribution in [1.82, 2.24) is 10.3 Å². The lowest BCUT2D eigenvalue weighted by atomic mass is 10.1. The third kappa shape index (κ3) is 4.05. The molecule has 110 valence electrons. The standard InChI is InChI=1S/C17H20N2O2/c1-12-4-5-14(10-16(12)21-3)11-17(20)19-13(2)15-6-8-18-9-7-15/h4-10,13H,11H2,1-3H3,(H,19,20)/t13-/m1/s1. The number of hydrogen-bond acceptors (Lipinski definition) is 3. The number of aromatic nitrogens is 1. The van der Waals surface area contributed by atoms with E-state index in [-0.39, 0.29) is 11.9 Å². The maximum absolute atomic E-state index is 12.1. The summed E-state index contributed by atoms with van der Waals surface area (Å²) < 4.78 is 5.28. The van der Waals surface area contributed by atoms with E-state index < -0.39 is 0 Å². The van der Waals surface area contributed by atoms with Gasteiger partial charge in [-0.1, -0.05) is 12.1 Å². The molecule has 1 amide bonds. The number of rotatable bonds is 5. The molecule has 4 heteroatoms. The number of nitrogens with one attached hydrogen (secondary N) is 1. The molecule has 0 aliphatic carbocycles. The van der Waals surface area contributed by atoms with E-state index in [0.29, 0.717) is 6.42 Å². The van der Waals surface area contributed by atoms with E-state index in [1.807, 2.05) is 44.2 Å². The molecule has 0 radical (unpaired) electrons. The molecule has 0 spiro atoms. The summed E-state index contributed by atoms with van der Waals surface area (Å²) in [5.41, 5.74) is 3.04. The lowest BCUT2D eigenvalue weighted by Crippen LogP contribution is -2.28. The minimum absolute atomic E-state index is 0.00906. The molecule has 4 nitrogen and oxygen atoms in total. The molecule has 0 saturated heterocycles. The van der Waals surface area contributed by atoms with Gasteiger partial charge in [0.05, 0.1) is 19.6 Å². The van der Waals surface area contributed by atoms with Gasteiger partial charge >= 0.3 is 0 Å². The molecule has 0 unspecified atom stereocenters. The van der Waals surface area contributed by atoms with Crippen LogP contribution in [0.1, 0.15) is 29.7 Å². The van der Waals surface area contributed by atoms with E-state index in [2.05, 4.69) is 10.3 Å². The summed E-state index contributed by atoms with van der Waals surface area (Å²) in [4.78, 5) is 16.1. The fourth-order valence-corrected chi connectivity index (χ4v) is 2.19. The molecule has 1 aromatic carbocycles. The van der Waals surface area contributed by atoms with Gasteiger partial charge in [0.15, 0.2) is 0 Å². The Balaban J connectivity index is 1.99. The van der Waals surface area contributed by atoms with Gasteiger partial charge in [0.1, 0.15) is 5.75 Å². The normalized spacial score (nSPS) is 11.8. The first kappa shape index (κ1) is 15.0. The van der Waals surface area contributed by atoms with E-state index in [0.717, 1.165) is 22.4 Å². The highest BCUT2D eigenvalue weighted by Crippen LogP contribution is 2.19. The van der Waals surface area contributed by atoms with Crippen molar-refractivity contribution < 1.29 is 9.53 Å². The van der Waals surface area contributed by atoms with Crippen LogP contribution in [0.4, 0.5) is 0 Å². The van der Waals surface area contributed by atoms with Crippen molar-refractivity contribution in [2.24, 2.45) is 0 Å². The molecule has 0 bridgehead atoms. The van der Waals surface area contributed by atoms with Crippen LogP contribution in [-0.4, -0.2) is 18.0 Å². The molecule has 1 heterocycles. The predicted octanol–water partition coefficient (Wildman–Crippen LogP) is 2.82. The number of carbonyl (C=O) groups excluding carboxylic acids is 1. The van der Waals surface area contributed by atoms with Crippen LogP contribution in [0.15, 0.2) is 42.7 Å². The Morgan fingerprint density at radius 3 is 2.67 bits per heavy atom. The van der Waals surface area contributed by atoms with Crippen molar-refractivity contribution >= 4 is 5.91 Å². The van der Waals surface area contributed by atoms with Crippen molar-refractivity contribution in [3.8, 4) is 5.75 Å². The number of carbonyl (C=O) groups is 1. The molecule has 2 aromatic rings. The van der Waals surface area contributed by atoms with Crippen LogP contribution in [0.3, 0.4) is 0 Å². The maximum atomic E-state index is 12.1. The quantitative estimate of drug-likeness (QED) is 0.918. The highest BCUT2D eigenvalue weighted by atomic mass is 16.5. The monoisotopic (exact) mass is 284 g/mol. The summed E-state index contributed by atoms with van der Waals surface area (Å²) in [6.45, 7) is 3.94. The van der Waals surface area contributed by atoms with Crippen LogP contribution < -0.4 is 10.1 Å². The third-order valence-corrected chi connectivity index (χ3v) is 3.42. The van der Waals surface area contributed by atoms with Crippen molar-refractivity contribution in [1.29, 1.82) is 0 Å². The van der Waals surface area contributed by atoms with E-state index >= 15 is 0 Å². The van der Waals surface area contributed by atoms with Crippen LogP contribution in [0.25, 0.3) is 0 Å². The van der Waals surface area contributed by atoms with E-state index in [9.17, 15) is 4.79 Å². The van der Waals surface area contributed by atoms with Crippen LogP contribution in [0, 0.1) is 6.92 Å². The van der Waals surface area contributed by atoms with Gasteiger partial charge in [-0.2, -0.15) is 0 Å². The zero-order valence-electron chi connectivity index (χ0n) is 12.6. The maximum Gasteiger partial charge on any atom is 0.224 e. The molecule has 2 rings (SSSR count). The Kier molecular flexibility index (Phi) is 4.93. The SMILES string of the molecule is COc1cc(CC(=O)N[C@H](C)c2ccncc2)ccc1C. The summed E-state index contributed by atoms with van der Waals surface area (Å²) in [7, 11) is 1.64. The molecular weight excluding hydrogens is 264 g/mol. The molecule has 1 N–H and O–H groups in total. The van der Waals surface area contributed by atoms with E-state index in [4.69, 9.17) is 4.74 Å². The summed E-state index contributed by atoms with van der Waals surface area (Å²) >= 11 is 0. The van der Waals surface area contributed by atoms with Crippen LogP contribution in [-0.2, 0) is 11.2 Å². The number of hydrogen-bond donors (Lipinski definition) is 1. The van der Waals surface area contributed by atoms with Gasteiger partial charge in [0.25, 0.3) is 0 Å². The Hall–Kier alpha value is -2.36. The Morgan fingerprint density at radius 1 is 1.29 bits per heavy atom. The van der Waals surface area contributed by atoms with Crippen molar-refractivity contribution in [2.45, 2.75) is 26.3 Å². The molecule has 0 saturated carbocycles. The largest absolute Gasteiger partial charge is 0.496 e. The van der Waals surface area contributed by atoms with Crippen molar-refractivity contribution in [3.05, 3.63) is 59.4 Å². The number of aryl methyl sites for hydroxylation is 1. The molecule has 21 heavy (non-hydrogen) atoms. The molecule has 0 aliphatic rings. The number of methoxy groups -OCH3 is 1. The highest BCUT2D eigenvalue weighted by Gasteiger charge is 2.10. The number of benzene rings is 1. The number of ether oxygens (including phenoxy) is 1. The first-order valence-electron chi connectivity index (χ1n) is 6.93. The van der Waals surface area contributed by atoms with Crippen molar-refractivity contribution in [3.63, 3.8) is 0 Å². The topological polar surface area (TPSA) is 51.2 Å². The summed E-state index contributed by atoms with van der Waals surface area (Å²) in [6, 6.07) is 9.60. The smallest absolute Gasteiger partial charge is 0.224 e. The molecule has 1 aromatic heterocycles. The average molecular weight is 284 g/mol. The second kappa shape index (κ2) is 6.88. The first-order valence-corrected chi connectivity index (χ1v) is 6.93. The van der Waals surface area contributed by atoms with Crippen molar-refractivity contribution in [2.75, 3.05) is 7.11 Å². The zero-order chi connectivity index (χ0) is 15.2. The summed E-state index contributed by atoms with van der Waals surface area (Å²) in [5, 5.41) is 2.99. The number of pyridine rings is 1. The molecule has 0 aliphatic heterocycles. The lowest BCUT2D eigenvalue weighted by Gasteiger charge is -2.14. The Bertz CT molecular complexity index is 611. The predicted molar refractivity (Wildman–Crippen MR) is 82.2 cm³/mol. The second-order valence-corrected chi connectivity index (χ2v) is 5.05. The minimum Gasteiger partial charge on any atom is -0.496 e. The number of amides is 1. The van der Waals surface area contributed by atoms with Gasteiger partial charge < -0.3 is 10.1 Å². The van der Waals surface area contributed by atoms with E-state index in [1.54, 1.807) is 19.5 Å². The highest BCUT2D eigenvalue weighted by molar-refractivity contribution is 5.79. The Morgan fingerprint density at radius 2 is 2.00 bits per heavy atom. The summed E-state index contributed by atoms with van der Waals surface area (Å²) in [6.07, 6.45) is 3.79. The zero-order valence-corrected chi connectivity index (χ0v) is 12.6. The fourth-order valence-electron chi connectivity index (χ4n) is 2.19. The van der Waals surface area contributed by atoms with Crippen LogP contribution >= 0.6 is 0 Å². The third-order valence-electron chi connectivity index (χ3n) is 3.42. The van der Waals surface area contributed by atoms with Gasteiger partial charge in [-0.25, -0.2) is 0 Å². The first-order chi connectivity index (χ1) is 10.1. The molecule has 1 atom stereocenters. The summed E-state index contributed by atoms with van der Waals surface area (Å²) in [5.74, 6) is 0.799. The lowest BCUT2D eigenvalue weighted by molar-refractivity contribution is -0.121. The number of nitrogens with zero attached hydrogens (tertiary/aromatic N) is 1. The van der Waals surface area contributed by atoms with Gasteiger partial charge in [0.2, 0.25) is 5.91 Å². The van der Waals surface area contributed by atoms with Gasteiger partial charge in [-0.3, -0.25) is 9.78 Å². The second-order valence-electron chi connectivity index (χ2n) is 5.05. The van der Waals surface area contributed by atoms with Crippen LogP contribution in [0.2, 0.25) is 0 Å². The van der Waals surface area contributed by atoms with Gasteiger partial charge in [0, 0.05) is 12.4 Å².